The molecular formula is C23H19N3O3. The lowest BCUT2D eigenvalue weighted by Gasteiger charge is -2.10. The Kier molecular flexibility index (Phi) is 5.33. The van der Waals surface area contributed by atoms with E-state index in [1.165, 1.54) is 7.11 Å². The Labute approximate surface area is 168 Å². The van der Waals surface area contributed by atoms with E-state index in [0.717, 1.165) is 17.1 Å². The number of hydrogen-bond donors (Lipinski definition) is 0. The number of benzene rings is 2. The zero-order chi connectivity index (χ0) is 20.1. The summed E-state index contributed by atoms with van der Waals surface area (Å²) in [6, 6.07) is 20.9. The van der Waals surface area contributed by atoms with Crippen molar-refractivity contribution < 1.29 is 14.3 Å². The third-order valence-electron chi connectivity index (χ3n) is 4.38. The van der Waals surface area contributed by atoms with Gasteiger partial charge < -0.3 is 14.0 Å². The summed E-state index contributed by atoms with van der Waals surface area (Å²) in [4.78, 5) is 20.5. The summed E-state index contributed by atoms with van der Waals surface area (Å²) in [7, 11) is 1.36. The molecular weight excluding hydrogens is 366 g/mol. The maximum atomic E-state index is 11.8. The Morgan fingerprint density at radius 2 is 1.69 bits per heavy atom. The van der Waals surface area contributed by atoms with Gasteiger partial charge in [0, 0.05) is 25.1 Å². The van der Waals surface area contributed by atoms with Gasteiger partial charge in [-0.3, -0.25) is 4.98 Å². The fourth-order valence-corrected chi connectivity index (χ4v) is 2.95. The van der Waals surface area contributed by atoms with E-state index >= 15 is 0 Å². The second-order valence-corrected chi connectivity index (χ2v) is 6.36. The zero-order valence-electron chi connectivity index (χ0n) is 15.9. The fraction of sp³-hybridized carbons (Fsp3) is 0.0870. The monoisotopic (exact) mass is 385 g/mol. The van der Waals surface area contributed by atoms with E-state index in [2.05, 4.69) is 9.97 Å². The molecule has 0 aliphatic carbocycles. The van der Waals surface area contributed by atoms with E-state index in [1.54, 1.807) is 24.5 Å². The number of carbonyl (C=O) groups is 1. The number of aromatic nitrogens is 3. The van der Waals surface area contributed by atoms with Gasteiger partial charge in [0.15, 0.2) is 5.82 Å². The topological polar surface area (TPSA) is 66.2 Å². The highest BCUT2D eigenvalue weighted by atomic mass is 16.5. The molecule has 0 unspecified atom stereocenters. The lowest BCUT2D eigenvalue weighted by Crippen LogP contribution is -2.05. The van der Waals surface area contributed by atoms with Crippen molar-refractivity contribution in [1.29, 1.82) is 0 Å². The molecule has 0 saturated carbocycles. The minimum Gasteiger partial charge on any atom is -0.465 e. The van der Waals surface area contributed by atoms with E-state index in [-0.39, 0.29) is 0 Å². The third kappa shape index (κ3) is 4.32. The first kappa shape index (κ1) is 18.4. The molecule has 6 nitrogen and oxygen atoms in total. The molecule has 0 aliphatic rings. The summed E-state index contributed by atoms with van der Waals surface area (Å²) in [5.41, 5.74) is 2.14. The van der Waals surface area contributed by atoms with Crippen molar-refractivity contribution in [2.24, 2.45) is 0 Å². The maximum absolute atomic E-state index is 11.8. The Morgan fingerprint density at radius 3 is 2.45 bits per heavy atom. The molecule has 0 N–H and O–H groups in total. The Hall–Kier alpha value is -3.93. The number of para-hydroxylation sites is 1. The number of pyridine rings is 1. The smallest absolute Gasteiger partial charge is 0.337 e. The second-order valence-electron chi connectivity index (χ2n) is 6.36. The van der Waals surface area contributed by atoms with Crippen LogP contribution in [0.15, 0.2) is 85.3 Å². The molecule has 0 fully saturated rings. The van der Waals surface area contributed by atoms with Crippen molar-refractivity contribution in [2.45, 2.75) is 6.54 Å². The average Bonchev–Trinajstić information content (AvgIpc) is 3.23. The maximum Gasteiger partial charge on any atom is 0.337 e. The van der Waals surface area contributed by atoms with E-state index in [1.807, 2.05) is 65.4 Å². The summed E-state index contributed by atoms with van der Waals surface area (Å²) >= 11 is 0. The molecule has 4 rings (SSSR count). The summed E-state index contributed by atoms with van der Waals surface area (Å²) in [6.07, 6.45) is 5.18. The molecule has 2 aromatic carbocycles. The predicted molar refractivity (Wildman–Crippen MR) is 109 cm³/mol. The molecule has 144 valence electrons. The molecule has 0 aliphatic heterocycles. The molecule has 0 spiro atoms. The SMILES string of the molecule is COC(=O)c1ccnc(-c2nccn2Cc2ccc(Oc3ccccc3)cc2)c1. The zero-order valence-corrected chi connectivity index (χ0v) is 15.9. The summed E-state index contributed by atoms with van der Waals surface area (Å²) in [5.74, 6) is 1.85. The highest BCUT2D eigenvalue weighted by Crippen LogP contribution is 2.22. The van der Waals surface area contributed by atoms with Crippen LogP contribution in [0.2, 0.25) is 0 Å². The first-order valence-electron chi connectivity index (χ1n) is 9.10. The average molecular weight is 385 g/mol. The largest absolute Gasteiger partial charge is 0.465 e. The van der Waals surface area contributed by atoms with Gasteiger partial charge in [-0.25, -0.2) is 9.78 Å². The molecule has 0 amide bonds. The predicted octanol–water partition coefficient (Wildman–Crippen LogP) is 4.57. The van der Waals surface area contributed by atoms with Crippen molar-refractivity contribution in [3.8, 4) is 23.0 Å². The van der Waals surface area contributed by atoms with E-state index in [4.69, 9.17) is 9.47 Å². The van der Waals surface area contributed by atoms with Gasteiger partial charge in [-0.05, 0) is 42.0 Å². The van der Waals surface area contributed by atoms with Crippen molar-refractivity contribution >= 4 is 5.97 Å². The van der Waals surface area contributed by atoms with E-state index in [9.17, 15) is 4.79 Å². The van der Waals surface area contributed by atoms with Gasteiger partial charge >= 0.3 is 5.97 Å². The van der Waals surface area contributed by atoms with Crippen LogP contribution in [-0.4, -0.2) is 27.6 Å². The minimum atomic E-state index is -0.402. The number of esters is 1. The minimum absolute atomic E-state index is 0.402. The summed E-state index contributed by atoms with van der Waals surface area (Å²) in [6.45, 7) is 0.616. The van der Waals surface area contributed by atoms with Crippen molar-refractivity contribution in [1.82, 2.24) is 14.5 Å². The number of methoxy groups -OCH3 is 1. The van der Waals surface area contributed by atoms with Crippen LogP contribution in [0.4, 0.5) is 0 Å². The fourth-order valence-electron chi connectivity index (χ4n) is 2.95. The van der Waals surface area contributed by atoms with Gasteiger partial charge in [-0.1, -0.05) is 30.3 Å². The van der Waals surface area contributed by atoms with Gasteiger partial charge in [-0.15, -0.1) is 0 Å². The quantitative estimate of drug-likeness (QED) is 0.455. The highest BCUT2D eigenvalue weighted by molar-refractivity contribution is 5.90. The highest BCUT2D eigenvalue weighted by Gasteiger charge is 2.12. The van der Waals surface area contributed by atoms with Crippen LogP contribution >= 0.6 is 0 Å². The number of hydrogen-bond acceptors (Lipinski definition) is 5. The lowest BCUT2D eigenvalue weighted by molar-refractivity contribution is 0.0600. The molecule has 0 bridgehead atoms. The van der Waals surface area contributed by atoms with Crippen LogP contribution in [0.1, 0.15) is 15.9 Å². The Balaban J connectivity index is 1.51. The standard InChI is InChI=1S/C23H19N3O3/c1-28-23(27)18-11-12-24-21(15-18)22-25-13-14-26(22)16-17-7-9-20(10-8-17)29-19-5-3-2-4-6-19/h2-15H,16H2,1H3. The van der Waals surface area contributed by atoms with E-state index < -0.39 is 5.97 Å². The third-order valence-corrected chi connectivity index (χ3v) is 4.38. The van der Waals surface area contributed by atoms with Crippen molar-refractivity contribution in [2.75, 3.05) is 7.11 Å². The molecule has 2 aromatic heterocycles. The van der Waals surface area contributed by atoms with E-state index in [0.29, 0.717) is 23.6 Å². The molecule has 0 saturated heterocycles. The number of ether oxygens (including phenoxy) is 2. The molecule has 6 heteroatoms. The van der Waals surface area contributed by atoms with Crippen LogP contribution in [0.25, 0.3) is 11.5 Å². The van der Waals surface area contributed by atoms with Crippen LogP contribution in [0.5, 0.6) is 11.5 Å². The lowest BCUT2D eigenvalue weighted by atomic mass is 10.2. The number of nitrogens with zero attached hydrogens (tertiary/aromatic N) is 3. The van der Waals surface area contributed by atoms with Gasteiger partial charge in [0.1, 0.15) is 17.2 Å². The first-order chi connectivity index (χ1) is 14.2. The summed E-state index contributed by atoms with van der Waals surface area (Å²) in [5, 5.41) is 0. The van der Waals surface area contributed by atoms with Gasteiger partial charge in [0.2, 0.25) is 0 Å². The Bertz CT molecular complexity index is 1110. The number of imidazole rings is 1. The van der Waals surface area contributed by atoms with Gasteiger partial charge in [0.25, 0.3) is 0 Å². The normalized spacial score (nSPS) is 10.5. The molecule has 29 heavy (non-hydrogen) atoms. The molecule has 4 aromatic rings. The second kappa shape index (κ2) is 8.39. The molecule has 0 atom stereocenters. The van der Waals surface area contributed by atoms with Gasteiger partial charge in [-0.2, -0.15) is 0 Å². The Morgan fingerprint density at radius 1 is 0.931 bits per heavy atom. The van der Waals surface area contributed by atoms with Crippen LogP contribution in [0, 0.1) is 0 Å². The summed E-state index contributed by atoms with van der Waals surface area (Å²) < 4.78 is 12.6. The van der Waals surface area contributed by atoms with Crippen LogP contribution in [0.3, 0.4) is 0 Å². The van der Waals surface area contributed by atoms with Crippen molar-refractivity contribution in [3.05, 3.63) is 96.4 Å². The molecule has 0 radical (unpaired) electrons. The number of rotatable bonds is 6. The number of carbonyl (C=O) groups excluding carboxylic acids is 1. The van der Waals surface area contributed by atoms with Crippen LogP contribution < -0.4 is 4.74 Å². The van der Waals surface area contributed by atoms with Gasteiger partial charge in [0.05, 0.1) is 12.7 Å². The van der Waals surface area contributed by atoms with Crippen molar-refractivity contribution in [3.63, 3.8) is 0 Å². The van der Waals surface area contributed by atoms with Crippen LogP contribution in [-0.2, 0) is 11.3 Å². The molecule has 2 heterocycles. The first-order valence-corrected chi connectivity index (χ1v) is 9.10.